The average molecular weight is 483 g/mol. The fourth-order valence-electron chi connectivity index (χ4n) is 4.23. The first-order valence-corrected chi connectivity index (χ1v) is 10.8. The number of esters is 1. The third-order valence-corrected chi connectivity index (χ3v) is 5.96. The Balaban J connectivity index is 1.35. The molecular formula is C26H23F2NO6. The molecule has 0 aliphatic heterocycles. The first-order valence-electron chi connectivity index (χ1n) is 10.8. The number of fused-ring (bicyclic) bond motifs is 3. The number of alkyl carbamates (subject to hydrolysis) is 1. The molecule has 4 rings (SSSR count). The topological polar surface area (TPSA) is 105 Å². The highest BCUT2D eigenvalue weighted by Crippen LogP contribution is 2.44. The lowest BCUT2D eigenvalue weighted by Crippen LogP contribution is -2.36. The molecule has 0 aromatic heterocycles. The third kappa shape index (κ3) is 4.87. The second-order valence-corrected chi connectivity index (χ2v) is 8.07. The molecule has 182 valence electrons. The summed E-state index contributed by atoms with van der Waals surface area (Å²) in [6.07, 6.45) is -4.16. The molecule has 0 bridgehead atoms. The van der Waals surface area contributed by atoms with E-state index in [0.29, 0.717) is 0 Å². The number of ether oxygens (including phenoxy) is 2. The lowest BCUT2D eigenvalue weighted by atomic mass is 9.98. The van der Waals surface area contributed by atoms with Crippen molar-refractivity contribution < 1.29 is 38.1 Å². The lowest BCUT2D eigenvalue weighted by Gasteiger charge is -2.20. The van der Waals surface area contributed by atoms with Gasteiger partial charge in [-0.05, 0) is 39.9 Å². The van der Waals surface area contributed by atoms with Crippen molar-refractivity contribution in [2.45, 2.75) is 18.1 Å². The van der Waals surface area contributed by atoms with E-state index in [2.05, 4.69) is 10.1 Å². The molecule has 2 unspecified atom stereocenters. The van der Waals surface area contributed by atoms with Gasteiger partial charge in [-0.1, -0.05) is 48.5 Å². The van der Waals surface area contributed by atoms with Crippen molar-refractivity contribution >= 4 is 12.1 Å². The van der Waals surface area contributed by atoms with Crippen LogP contribution in [0.15, 0.2) is 60.7 Å². The molecule has 3 N–H and O–H groups in total. The average Bonchev–Trinajstić information content (AvgIpc) is 3.18. The summed E-state index contributed by atoms with van der Waals surface area (Å²) in [5.41, 5.74) is 3.01. The summed E-state index contributed by atoms with van der Waals surface area (Å²) in [5.74, 6) is -3.85. The summed E-state index contributed by atoms with van der Waals surface area (Å²) in [6.45, 7) is -0.385. The Hall–Kier alpha value is -3.82. The summed E-state index contributed by atoms with van der Waals surface area (Å²) in [4.78, 5) is 23.7. The standard InChI is InChI=1S/C26H23F2NO6/c1-34-25(32)23-20(27)10-14(11-21(23)28)24(31)22(30)12-29-26(33)35-13-19-17-8-4-2-6-15(17)16-7-3-5-9-18(16)19/h2-11,19,22,24,30-31H,12-13H2,1H3,(H,29,33). The zero-order chi connectivity index (χ0) is 25.1. The van der Waals surface area contributed by atoms with Crippen LogP contribution < -0.4 is 5.32 Å². The van der Waals surface area contributed by atoms with Gasteiger partial charge in [-0.3, -0.25) is 0 Å². The Morgan fingerprint density at radius 2 is 1.51 bits per heavy atom. The number of methoxy groups -OCH3 is 1. The summed E-state index contributed by atoms with van der Waals surface area (Å²) in [6, 6.07) is 17.1. The minimum Gasteiger partial charge on any atom is -0.465 e. The first-order chi connectivity index (χ1) is 16.8. The third-order valence-electron chi connectivity index (χ3n) is 5.96. The van der Waals surface area contributed by atoms with Crippen molar-refractivity contribution in [3.8, 4) is 11.1 Å². The van der Waals surface area contributed by atoms with Gasteiger partial charge in [0, 0.05) is 12.5 Å². The minimum absolute atomic E-state index is 0.0594. The van der Waals surface area contributed by atoms with Crippen molar-refractivity contribution in [1.82, 2.24) is 5.32 Å². The number of rotatable bonds is 7. The molecule has 1 aliphatic carbocycles. The molecule has 0 heterocycles. The number of carbonyl (C=O) groups excluding carboxylic acids is 2. The molecule has 0 radical (unpaired) electrons. The maximum Gasteiger partial charge on any atom is 0.407 e. The van der Waals surface area contributed by atoms with Crippen LogP contribution in [0.2, 0.25) is 0 Å². The number of carbonyl (C=O) groups is 2. The summed E-state index contributed by atoms with van der Waals surface area (Å²) in [5, 5.41) is 22.8. The van der Waals surface area contributed by atoms with Crippen LogP contribution in [0.1, 0.15) is 39.1 Å². The van der Waals surface area contributed by atoms with Gasteiger partial charge in [0.05, 0.1) is 7.11 Å². The maximum absolute atomic E-state index is 14.1. The molecule has 2 atom stereocenters. The van der Waals surface area contributed by atoms with Gasteiger partial charge in [-0.25, -0.2) is 18.4 Å². The van der Waals surface area contributed by atoms with Crippen LogP contribution in [-0.2, 0) is 9.47 Å². The second-order valence-electron chi connectivity index (χ2n) is 8.07. The van der Waals surface area contributed by atoms with Crippen molar-refractivity contribution in [2.75, 3.05) is 20.3 Å². The van der Waals surface area contributed by atoms with Gasteiger partial charge in [0.25, 0.3) is 0 Å². The van der Waals surface area contributed by atoms with Crippen LogP contribution in [0.3, 0.4) is 0 Å². The van der Waals surface area contributed by atoms with E-state index in [0.717, 1.165) is 41.5 Å². The molecule has 0 fully saturated rings. The van der Waals surface area contributed by atoms with Gasteiger partial charge in [-0.15, -0.1) is 0 Å². The van der Waals surface area contributed by atoms with Crippen LogP contribution in [0.4, 0.5) is 13.6 Å². The van der Waals surface area contributed by atoms with Crippen molar-refractivity contribution in [3.63, 3.8) is 0 Å². The Bertz CT molecular complexity index is 1200. The van der Waals surface area contributed by atoms with E-state index >= 15 is 0 Å². The number of halogens is 2. The van der Waals surface area contributed by atoms with Gasteiger partial charge >= 0.3 is 12.1 Å². The molecule has 0 spiro atoms. The largest absolute Gasteiger partial charge is 0.465 e. The molecule has 7 nitrogen and oxygen atoms in total. The zero-order valence-electron chi connectivity index (χ0n) is 18.7. The zero-order valence-corrected chi connectivity index (χ0v) is 18.7. The monoisotopic (exact) mass is 483 g/mol. The Labute approximate surface area is 199 Å². The summed E-state index contributed by atoms with van der Waals surface area (Å²) in [7, 11) is 0.975. The molecule has 35 heavy (non-hydrogen) atoms. The van der Waals surface area contributed by atoms with Crippen molar-refractivity contribution in [3.05, 3.63) is 94.6 Å². The Morgan fingerprint density at radius 1 is 0.971 bits per heavy atom. The van der Waals surface area contributed by atoms with E-state index in [-0.39, 0.29) is 18.1 Å². The van der Waals surface area contributed by atoms with Gasteiger partial charge in [0.1, 0.15) is 36.0 Å². The molecule has 3 aromatic rings. The molecule has 9 heteroatoms. The van der Waals surface area contributed by atoms with Crippen LogP contribution in [0.5, 0.6) is 0 Å². The lowest BCUT2D eigenvalue weighted by molar-refractivity contribution is 0.0181. The molecule has 3 aromatic carbocycles. The number of hydrogen-bond donors (Lipinski definition) is 3. The Morgan fingerprint density at radius 3 is 2.06 bits per heavy atom. The normalized spacial score (nSPS) is 14.0. The molecule has 1 aliphatic rings. The van der Waals surface area contributed by atoms with Gasteiger partial charge in [-0.2, -0.15) is 0 Å². The highest BCUT2D eigenvalue weighted by molar-refractivity contribution is 5.90. The van der Waals surface area contributed by atoms with E-state index in [1.165, 1.54) is 0 Å². The predicted molar refractivity (Wildman–Crippen MR) is 122 cm³/mol. The SMILES string of the molecule is COC(=O)c1c(F)cc(C(O)C(O)CNC(=O)OCC2c3ccccc3-c3ccccc32)cc1F. The van der Waals surface area contributed by atoms with Crippen LogP contribution >= 0.6 is 0 Å². The number of amides is 1. The maximum atomic E-state index is 14.1. The van der Waals surface area contributed by atoms with Crippen LogP contribution in [0, 0.1) is 11.6 Å². The summed E-state index contributed by atoms with van der Waals surface area (Å²) < 4.78 is 37.9. The highest BCUT2D eigenvalue weighted by atomic mass is 19.1. The van der Waals surface area contributed by atoms with Gasteiger partial charge in [0.15, 0.2) is 0 Å². The van der Waals surface area contributed by atoms with Crippen molar-refractivity contribution in [1.29, 1.82) is 0 Å². The van der Waals surface area contributed by atoms with E-state index in [1.54, 1.807) is 0 Å². The number of benzene rings is 3. The number of hydrogen-bond acceptors (Lipinski definition) is 6. The van der Waals surface area contributed by atoms with E-state index in [1.807, 2.05) is 48.5 Å². The van der Waals surface area contributed by atoms with Crippen molar-refractivity contribution in [2.24, 2.45) is 0 Å². The first kappa shape index (κ1) is 24.3. The summed E-state index contributed by atoms with van der Waals surface area (Å²) >= 11 is 0. The quantitative estimate of drug-likeness (QED) is 0.443. The van der Waals surface area contributed by atoms with Gasteiger partial charge in [0.2, 0.25) is 0 Å². The second kappa shape index (κ2) is 10.2. The molecule has 1 amide bonds. The molecule has 0 saturated heterocycles. The number of aliphatic hydroxyl groups is 2. The number of aliphatic hydroxyl groups excluding tert-OH is 2. The fraction of sp³-hybridized carbons (Fsp3) is 0.231. The van der Waals surface area contributed by atoms with Crippen LogP contribution in [0.25, 0.3) is 11.1 Å². The van der Waals surface area contributed by atoms with E-state index < -0.39 is 48.0 Å². The highest BCUT2D eigenvalue weighted by Gasteiger charge is 2.29. The number of nitrogens with one attached hydrogen (secondary N) is 1. The van der Waals surface area contributed by atoms with E-state index in [9.17, 15) is 28.6 Å². The smallest absolute Gasteiger partial charge is 0.407 e. The van der Waals surface area contributed by atoms with E-state index in [4.69, 9.17) is 4.74 Å². The minimum atomic E-state index is -1.74. The predicted octanol–water partition coefficient (Wildman–Crippen LogP) is 3.68. The van der Waals surface area contributed by atoms with Crippen LogP contribution in [-0.4, -0.2) is 48.6 Å². The van der Waals surface area contributed by atoms with Gasteiger partial charge < -0.3 is 25.0 Å². The fourth-order valence-corrected chi connectivity index (χ4v) is 4.23. The molecular weight excluding hydrogens is 460 g/mol. The Kier molecular flexibility index (Phi) is 7.09. The molecule has 0 saturated carbocycles.